The molecule has 0 saturated heterocycles. The average molecular weight is 280 g/mol. The van der Waals surface area contributed by atoms with Crippen LogP contribution in [0.2, 0.25) is 0 Å². The molecule has 3 nitrogen and oxygen atoms in total. The number of anilines is 2. The lowest BCUT2D eigenvalue weighted by Crippen LogP contribution is -2.30. The highest BCUT2D eigenvalue weighted by atomic mass is 14.9. The molecule has 0 spiro atoms. The van der Waals surface area contributed by atoms with Crippen LogP contribution >= 0.6 is 0 Å². The summed E-state index contributed by atoms with van der Waals surface area (Å²) >= 11 is 0. The van der Waals surface area contributed by atoms with E-state index in [-0.39, 0.29) is 0 Å². The molecule has 0 aliphatic heterocycles. The SMILES string of the molecule is CNc1cc2c(cc1C)cc1cc(C)c(NC)cc1[n+]2C. The van der Waals surface area contributed by atoms with Crippen LogP contribution in [0.3, 0.4) is 0 Å². The van der Waals surface area contributed by atoms with Crippen molar-refractivity contribution in [3.8, 4) is 0 Å². The second-order valence-electron chi connectivity index (χ2n) is 5.66. The van der Waals surface area contributed by atoms with Gasteiger partial charge in [0.2, 0.25) is 11.0 Å². The summed E-state index contributed by atoms with van der Waals surface area (Å²) in [5.41, 5.74) is 7.38. The molecular weight excluding hydrogens is 258 g/mol. The number of hydrogen-bond acceptors (Lipinski definition) is 2. The van der Waals surface area contributed by atoms with Crippen molar-refractivity contribution >= 4 is 33.2 Å². The zero-order valence-corrected chi connectivity index (χ0v) is 13.3. The van der Waals surface area contributed by atoms with Crippen molar-refractivity contribution in [3.63, 3.8) is 0 Å². The number of aromatic nitrogens is 1. The maximum Gasteiger partial charge on any atom is 0.214 e. The number of benzene rings is 2. The lowest BCUT2D eigenvalue weighted by Gasteiger charge is -2.10. The Morgan fingerprint density at radius 3 is 1.52 bits per heavy atom. The van der Waals surface area contributed by atoms with E-state index >= 15 is 0 Å². The summed E-state index contributed by atoms with van der Waals surface area (Å²) in [7, 11) is 6.07. The Kier molecular flexibility index (Phi) is 3.20. The van der Waals surface area contributed by atoms with E-state index < -0.39 is 0 Å². The fourth-order valence-electron chi connectivity index (χ4n) is 3.09. The average Bonchev–Trinajstić information content (AvgIpc) is 2.46. The first-order chi connectivity index (χ1) is 10.0. The first-order valence-electron chi connectivity index (χ1n) is 7.28. The first-order valence-corrected chi connectivity index (χ1v) is 7.28. The van der Waals surface area contributed by atoms with Gasteiger partial charge in [0, 0.05) is 48.4 Å². The molecule has 0 atom stereocenters. The Labute approximate surface area is 125 Å². The lowest BCUT2D eigenvalue weighted by molar-refractivity contribution is -0.617. The molecular formula is C18H22N3+. The number of pyridine rings is 1. The van der Waals surface area contributed by atoms with E-state index in [9.17, 15) is 0 Å². The summed E-state index contributed by atoms with van der Waals surface area (Å²) in [6.07, 6.45) is 0. The second-order valence-corrected chi connectivity index (χ2v) is 5.66. The van der Waals surface area contributed by atoms with Crippen LogP contribution in [0.1, 0.15) is 11.1 Å². The van der Waals surface area contributed by atoms with Gasteiger partial charge in [0.05, 0.1) is 0 Å². The molecule has 1 heterocycles. The van der Waals surface area contributed by atoms with Crippen molar-refractivity contribution in [3.05, 3.63) is 41.5 Å². The lowest BCUT2D eigenvalue weighted by atomic mass is 10.0. The quantitative estimate of drug-likeness (QED) is 0.555. The van der Waals surface area contributed by atoms with Gasteiger partial charge in [-0.05, 0) is 43.2 Å². The third kappa shape index (κ3) is 2.09. The van der Waals surface area contributed by atoms with Gasteiger partial charge in [-0.25, -0.2) is 0 Å². The molecule has 0 radical (unpaired) electrons. The van der Waals surface area contributed by atoms with Crippen molar-refractivity contribution in [2.45, 2.75) is 13.8 Å². The Balaban J connectivity index is 2.43. The van der Waals surface area contributed by atoms with E-state index in [0.29, 0.717) is 0 Å². The highest BCUT2D eigenvalue weighted by Crippen LogP contribution is 2.27. The largest absolute Gasteiger partial charge is 0.388 e. The van der Waals surface area contributed by atoms with E-state index in [4.69, 9.17) is 0 Å². The minimum absolute atomic E-state index is 1.18. The maximum atomic E-state index is 3.27. The summed E-state index contributed by atoms with van der Waals surface area (Å²) in [6, 6.07) is 11.2. The molecule has 0 unspecified atom stereocenters. The van der Waals surface area contributed by atoms with Crippen LogP contribution in [0, 0.1) is 13.8 Å². The Bertz CT molecular complexity index is 782. The Morgan fingerprint density at radius 1 is 0.714 bits per heavy atom. The van der Waals surface area contributed by atoms with Gasteiger partial charge in [-0.1, -0.05) is 0 Å². The molecule has 0 fully saturated rings. The van der Waals surface area contributed by atoms with Gasteiger partial charge >= 0.3 is 0 Å². The van der Waals surface area contributed by atoms with E-state index in [1.54, 1.807) is 0 Å². The number of aryl methyl sites for hydroxylation is 3. The molecule has 2 aromatic carbocycles. The monoisotopic (exact) mass is 280 g/mol. The molecule has 0 amide bonds. The highest BCUT2D eigenvalue weighted by molar-refractivity contribution is 5.92. The van der Waals surface area contributed by atoms with Gasteiger partial charge < -0.3 is 10.6 Å². The highest BCUT2D eigenvalue weighted by Gasteiger charge is 2.15. The summed E-state index contributed by atoms with van der Waals surface area (Å²) in [5, 5.41) is 9.09. The molecule has 108 valence electrons. The second kappa shape index (κ2) is 4.92. The number of nitrogens with one attached hydrogen (secondary N) is 2. The number of hydrogen-bond donors (Lipinski definition) is 2. The third-order valence-electron chi connectivity index (χ3n) is 4.32. The van der Waals surface area contributed by atoms with Crippen molar-refractivity contribution in [1.82, 2.24) is 0 Å². The van der Waals surface area contributed by atoms with E-state index in [1.807, 2.05) is 14.1 Å². The van der Waals surface area contributed by atoms with Crippen molar-refractivity contribution in [1.29, 1.82) is 0 Å². The molecule has 2 N–H and O–H groups in total. The predicted molar refractivity (Wildman–Crippen MR) is 91.2 cm³/mol. The van der Waals surface area contributed by atoms with E-state index in [2.05, 4.69) is 66.4 Å². The summed E-state index contributed by atoms with van der Waals surface area (Å²) in [4.78, 5) is 0. The molecule has 0 saturated carbocycles. The molecule has 3 heteroatoms. The van der Waals surface area contributed by atoms with Gasteiger partial charge in [0.15, 0.2) is 0 Å². The summed E-state index contributed by atoms with van der Waals surface area (Å²) in [5.74, 6) is 0. The molecule has 0 bridgehead atoms. The molecule has 1 aromatic heterocycles. The van der Waals surface area contributed by atoms with Crippen molar-refractivity contribution in [2.24, 2.45) is 7.05 Å². The van der Waals surface area contributed by atoms with Gasteiger partial charge in [-0.15, -0.1) is 0 Å². The van der Waals surface area contributed by atoms with Gasteiger partial charge in [-0.3, -0.25) is 0 Å². The van der Waals surface area contributed by atoms with Crippen LogP contribution in [0.4, 0.5) is 11.4 Å². The van der Waals surface area contributed by atoms with Gasteiger partial charge in [0.1, 0.15) is 7.05 Å². The van der Waals surface area contributed by atoms with Gasteiger partial charge in [-0.2, -0.15) is 4.57 Å². The molecule has 3 rings (SSSR count). The van der Waals surface area contributed by atoms with E-state index in [1.165, 1.54) is 44.3 Å². The minimum Gasteiger partial charge on any atom is -0.388 e. The minimum atomic E-state index is 1.18. The zero-order chi connectivity index (χ0) is 15.1. The summed E-state index contributed by atoms with van der Waals surface area (Å²) < 4.78 is 2.27. The predicted octanol–water partition coefficient (Wildman–Crippen LogP) is 3.52. The van der Waals surface area contributed by atoms with Crippen LogP contribution in [0.25, 0.3) is 21.8 Å². The molecule has 21 heavy (non-hydrogen) atoms. The van der Waals surface area contributed by atoms with Gasteiger partial charge in [0.25, 0.3) is 0 Å². The molecule has 0 aliphatic rings. The third-order valence-corrected chi connectivity index (χ3v) is 4.32. The van der Waals surface area contributed by atoms with Crippen molar-refractivity contribution in [2.75, 3.05) is 24.7 Å². The fraction of sp³-hybridized carbons (Fsp3) is 0.278. The van der Waals surface area contributed by atoms with Crippen LogP contribution in [-0.4, -0.2) is 14.1 Å². The number of nitrogens with zero attached hydrogens (tertiary/aromatic N) is 1. The normalized spacial score (nSPS) is 11.1. The standard InChI is InChI=1S/C18H21N3/c1-11-6-13-8-14-7-12(2)16(20-4)10-18(14)21(5)17(13)9-15(11)19-3/h6-10H,1-5H3,(H,19,20)/p+1. The smallest absolute Gasteiger partial charge is 0.214 e. The fourth-order valence-corrected chi connectivity index (χ4v) is 3.09. The molecule has 3 aromatic rings. The van der Waals surface area contributed by atoms with Crippen LogP contribution in [0.5, 0.6) is 0 Å². The first kappa shape index (κ1) is 13.7. The van der Waals surface area contributed by atoms with E-state index in [0.717, 1.165) is 0 Å². The number of fused-ring (bicyclic) bond motifs is 2. The van der Waals surface area contributed by atoms with Crippen molar-refractivity contribution < 1.29 is 4.57 Å². The zero-order valence-electron chi connectivity index (χ0n) is 13.3. The number of rotatable bonds is 2. The Morgan fingerprint density at radius 2 is 1.14 bits per heavy atom. The summed E-state index contributed by atoms with van der Waals surface area (Å²) in [6.45, 7) is 4.29. The van der Waals surface area contributed by atoms with Crippen LogP contribution in [0.15, 0.2) is 30.3 Å². The Hall–Kier alpha value is -2.29. The van der Waals surface area contributed by atoms with Crippen LogP contribution in [-0.2, 0) is 7.05 Å². The maximum absolute atomic E-state index is 3.27. The van der Waals surface area contributed by atoms with Crippen LogP contribution < -0.4 is 15.2 Å². The molecule has 0 aliphatic carbocycles. The topological polar surface area (TPSA) is 27.9 Å².